The van der Waals surface area contributed by atoms with Gasteiger partial charge in [0.2, 0.25) is 0 Å². The first kappa shape index (κ1) is 24.2. The number of nitrogens with zero attached hydrogens (tertiary/aromatic N) is 3. The minimum absolute atomic E-state index is 0.00562. The Balaban J connectivity index is 1.22. The zero-order chi connectivity index (χ0) is 26.1. The van der Waals surface area contributed by atoms with Crippen LogP contribution in [0.3, 0.4) is 0 Å². The highest BCUT2D eigenvalue weighted by atomic mass is 19.3. The van der Waals surface area contributed by atoms with Crippen molar-refractivity contribution < 1.29 is 18.3 Å². The van der Waals surface area contributed by atoms with E-state index in [0.717, 1.165) is 67.8 Å². The Morgan fingerprint density at radius 3 is 2.66 bits per heavy atom. The van der Waals surface area contributed by atoms with Gasteiger partial charge in [-0.2, -0.15) is 8.78 Å². The fourth-order valence-corrected chi connectivity index (χ4v) is 6.71. The summed E-state index contributed by atoms with van der Waals surface area (Å²) in [4.78, 5) is 12.2. The van der Waals surface area contributed by atoms with Crippen molar-refractivity contribution in [1.29, 1.82) is 0 Å². The lowest BCUT2D eigenvalue weighted by molar-refractivity contribution is -0.127. The van der Waals surface area contributed by atoms with Crippen LogP contribution in [0.5, 0.6) is 0 Å². The Hall–Kier alpha value is -2.84. The Bertz CT molecular complexity index is 1390. The van der Waals surface area contributed by atoms with E-state index in [2.05, 4.69) is 16.3 Å². The van der Waals surface area contributed by atoms with Gasteiger partial charge in [-0.1, -0.05) is 18.2 Å². The number of hydrogen-bond acceptors (Lipinski definition) is 6. The molecule has 3 fully saturated rings. The molecule has 0 amide bonds. The van der Waals surface area contributed by atoms with Crippen molar-refractivity contribution in [3.05, 3.63) is 58.4 Å². The molecule has 2 unspecified atom stereocenters. The smallest absolute Gasteiger partial charge is 0.298 e. The number of halogens is 2. The third-order valence-corrected chi connectivity index (χ3v) is 8.82. The van der Waals surface area contributed by atoms with Gasteiger partial charge in [0.1, 0.15) is 17.7 Å². The van der Waals surface area contributed by atoms with Crippen LogP contribution >= 0.6 is 0 Å². The fraction of sp³-hybridized carbons (Fsp3) is 0.533. The fourth-order valence-electron chi connectivity index (χ4n) is 6.71. The predicted molar refractivity (Wildman–Crippen MR) is 143 cm³/mol. The maximum atomic E-state index is 15.2. The first-order chi connectivity index (χ1) is 18.3. The average Bonchev–Trinajstić information content (AvgIpc) is 3.56. The monoisotopic (exact) mass is 520 g/mol. The Labute approximate surface area is 221 Å². The van der Waals surface area contributed by atoms with Crippen LogP contribution in [-0.2, 0) is 28.2 Å². The Morgan fingerprint density at radius 1 is 1.11 bits per heavy atom. The van der Waals surface area contributed by atoms with Gasteiger partial charge in [0, 0.05) is 42.4 Å². The van der Waals surface area contributed by atoms with Gasteiger partial charge < -0.3 is 19.7 Å². The molecular weight excluding hydrogens is 486 g/mol. The van der Waals surface area contributed by atoms with Gasteiger partial charge in [-0.15, -0.1) is 0 Å². The second kappa shape index (κ2) is 8.85. The molecule has 0 bridgehead atoms. The quantitative estimate of drug-likeness (QED) is 0.450. The second-order valence-electron chi connectivity index (χ2n) is 11.7. The van der Waals surface area contributed by atoms with Crippen molar-refractivity contribution in [1.82, 2.24) is 9.97 Å². The highest BCUT2D eigenvalue weighted by Crippen LogP contribution is 2.46. The third kappa shape index (κ3) is 3.87. The van der Waals surface area contributed by atoms with Gasteiger partial charge in [-0.25, -0.2) is 9.97 Å². The van der Waals surface area contributed by atoms with Crippen LogP contribution in [0.4, 0.5) is 20.3 Å². The SMILES string of the molecule is Cc1nc(NC(C)c2cccc(C(F)(F)C3CCCO3)c2)c2cc(N3CC4(COC4)C3)c3c(c2n1)CCC3. The highest BCUT2D eigenvalue weighted by molar-refractivity contribution is 5.96. The number of aryl methyl sites for hydroxylation is 2. The maximum absolute atomic E-state index is 15.2. The number of benzene rings is 2. The number of aromatic nitrogens is 2. The molecule has 2 aromatic carbocycles. The van der Waals surface area contributed by atoms with E-state index in [1.807, 2.05) is 19.9 Å². The summed E-state index contributed by atoms with van der Waals surface area (Å²) in [7, 11) is 0. The summed E-state index contributed by atoms with van der Waals surface area (Å²) in [6.07, 6.45) is 3.24. The largest absolute Gasteiger partial charge is 0.380 e. The summed E-state index contributed by atoms with van der Waals surface area (Å²) in [5.74, 6) is -1.54. The summed E-state index contributed by atoms with van der Waals surface area (Å²) in [5.41, 5.74) is 6.20. The van der Waals surface area contributed by atoms with Gasteiger partial charge in [0.15, 0.2) is 0 Å². The van der Waals surface area contributed by atoms with E-state index in [1.54, 1.807) is 12.1 Å². The van der Waals surface area contributed by atoms with E-state index in [9.17, 15) is 0 Å². The summed E-state index contributed by atoms with van der Waals surface area (Å²) in [6.45, 7) is 8.09. The molecule has 8 heteroatoms. The van der Waals surface area contributed by atoms with E-state index in [-0.39, 0.29) is 11.6 Å². The van der Waals surface area contributed by atoms with Crippen molar-refractivity contribution in [2.45, 2.75) is 64.0 Å². The van der Waals surface area contributed by atoms with Crippen molar-refractivity contribution in [2.75, 3.05) is 43.1 Å². The summed E-state index contributed by atoms with van der Waals surface area (Å²) in [6, 6.07) is 8.76. The molecule has 2 atom stereocenters. The molecule has 3 aliphatic heterocycles. The van der Waals surface area contributed by atoms with Crippen LogP contribution < -0.4 is 10.2 Å². The number of nitrogens with one attached hydrogen (secondary N) is 1. The van der Waals surface area contributed by atoms with E-state index < -0.39 is 12.0 Å². The van der Waals surface area contributed by atoms with Crippen LogP contribution in [0.1, 0.15) is 60.3 Å². The average molecular weight is 521 g/mol. The molecule has 6 nitrogen and oxygen atoms in total. The number of rotatable bonds is 6. The van der Waals surface area contributed by atoms with Crippen LogP contribution in [0, 0.1) is 12.3 Å². The lowest BCUT2D eigenvalue weighted by Gasteiger charge is -2.56. The van der Waals surface area contributed by atoms with Crippen LogP contribution in [-0.4, -0.2) is 49.0 Å². The zero-order valence-electron chi connectivity index (χ0n) is 22.0. The summed E-state index contributed by atoms with van der Waals surface area (Å²) < 4.78 is 41.2. The Morgan fingerprint density at radius 2 is 1.92 bits per heavy atom. The lowest BCUT2D eigenvalue weighted by atomic mass is 9.77. The number of ether oxygens (including phenoxy) is 2. The van der Waals surface area contributed by atoms with Crippen LogP contribution in [0.15, 0.2) is 30.3 Å². The minimum atomic E-state index is -3.01. The van der Waals surface area contributed by atoms with E-state index in [0.29, 0.717) is 30.7 Å². The topological polar surface area (TPSA) is 59.5 Å². The second-order valence-corrected chi connectivity index (χ2v) is 11.7. The molecule has 4 aliphatic rings. The highest BCUT2D eigenvalue weighted by Gasteiger charge is 2.50. The number of fused-ring (bicyclic) bond motifs is 3. The molecule has 0 radical (unpaired) electrons. The molecule has 3 aromatic rings. The predicted octanol–water partition coefficient (Wildman–Crippen LogP) is 5.71. The molecule has 1 N–H and O–H groups in total. The first-order valence-electron chi connectivity index (χ1n) is 13.9. The summed E-state index contributed by atoms with van der Waals surface area (Å²) >= 11 is 0. The van der Waals surface area contributed by atoms with Gasteiger partial charge >= 0.3 is 0 Å². The van der Waals surface area contributed by atoms with Gasteiger partial charge in [-0.3, -0.25) is 0 Å². The van der Waals surface area contributed by atoms with Crippen LogP contribution in [0.2, 0.25) is 0 Å². The molecule has 7 rings (SSSR count). The molecule has 1 aliphatic carbocycles. The van der Waals surface area contributed by atoms with Crippen molar-refractivity contribution in [2.24, 2.45) is 5.41 Å². The molecule has 38 heavy (non-hydrogen) atoms. The number of hydrogen-bond donors (Lipinski definition) is 1. The summed E-state index contributed by atoms with van der Waals surface area (Å²) in [5, 5.41) is 4.56. The molecule has 200 valence electrons. The zero-order valence-corrected chi connectivity index (χ0v) is 22.0. The van der Waals surface area contributed by atoms with Gasteiger partial charge in [0.25, 0.3) is 5.92 Å². The normalized spacial score (nSPS) is 22.8. The molecule has 1 aromatic heterocycles. The number of alkyl halides is 2. The first-order valence-corrected chi connectivity index (χ1v) is 13.9. The van der Waals surface area contributed by atoms with Gasteiger partial charge in [-0.05, 0) is 74.8 Å². The van der Waals surface area contributed by atoms with E-state index >= 15 is 8.78 Å². The molecular formula is C30H34F2N4O2. The molecule has 3 saturated heterocycles. The minimum Gasteiger partial charge on any atom is -0.380 e. The maximum Gasteiger partial charge on any atom is 0.298 e. The molecule has 0 saturated carbocycles. The van der Waals surface area contributed by atoms with Gasteiger partial charge in [0.05, 0.1) is 24.1 Å². The third-order valence-electron chi connectivity index (χ3n) is 8.82. The molecule has 4 heterocycles. The lowest BCUT2D eigenvalue weighted by Crippen LogP contribution is -2.66. The van der Waals surface area contributed by atoms with E-state index in [4.69, 9.17) is 19.4 Å². The van der Waals surface area contributed by atoms with Crippen molar-refractivity contribution in [3.63, 3.8) is 0 Å². The molecule has 1 spiro atoms. The number of anilines is 2. The Kier molecular flexibility index (Phi) is 5.64. The van der Waals surface area contributed by atoms with Crippen LogP contribution in [0.25, 0.3) is 10.9 Å². The van der Waals surface area contributed by atoms with Crippen molar-refractivity contribution in [3.8, 4) is 0 Å². The standard InChI is InChI=1S/C30H34F2N4O2/c1-18(20-6-3-7-21(12-20)30(31,32)26-10-5-11-38-26)33-28-24-13-25(36-14-29(15-36)16-37-17-29)22-8-4-9-23(22)27(24)34-19(2)35-28/h3,6-7,12-13,18,26H,4-5,8-11,14-17H2,1-2H3,(H,33,34,35). The van der Waals surface area contributed by atoms with E-state index in [1.165, 1.54) is 22.9 Å². The van der Waals surface area contributed by atoms with Crippen molar-refractivity contribution >= 4 is 22.4 Å².